The quantitative estimate of drug-likeness (QED) is 0.231. The van der Waals surface area contributed by atoms with Gasteiger partial charge in [-0.05, 0) is 19.8 Å². The Morgan fingerprint density at radius 3 is 2.33 bits per heavy atom. The number of primary amides is 1. The van der Waals surface area contributed by atoms with Crippen molar-refractivity contribution < 1.29 is 34.2 Å². The Morgan fingerprint density at radius 1 is 1.22 bits per heavy atom. The highest BCUT2D eigenvalue weighted by atomic mass is 16.4. The molecule has 1 rings (SSSR count). The van der Waals surface area contributed by atoms with Gasteiger partial charge >= 0.3 is 5.97 Å². The largest absolute Gasteiger partial charge is 0.480 e. The molecule has 1 heterocycles. The van der Waals surface area contributed by atoms with E-state index in [1.807, 2.05) is 0 Å². The third-order valence-electron chi connectivity index (χ3n) is 4.11. The third-order valence-corrected chi connectivity index (χ3v) is 4.11. The zero-order valence-electron chi connectivity index (χ0n) is 14.9. The van der Waals surface area contributed by atoms with Crippen molar-refractivity contribution in [3.8, 4) is 0 Å². The molecule has 12 nitrogen and oxygen atoms in total. The summed E-state index contributed by atoms with van der Waals surface area (Å²) in [6.07, 6.45) is -1.16. The minimum Gasteiger partial charge on any atom is -0.480 e. The van der Waals surface area contributed by atoms with Gasteiger partial charge in [0, 0.05) is 6.54 Å². The number of aliphatic carboxylic acids is 1. The smallest absolute Gasteiger partial charge is 0.326 e. The number of nitrogens with two attached hydrogens (primary N) is 2. The van der Waals surface area contributed by atoms with Gasteiger partial charge in [-0.15, -0.1) is 0 Å². The number of hydrogen-bond acceptors (Lipinski definition) is 7. The number of likely N-dealkylation sites (tertiary alicyclic amines) is 1. The first-order valence-electron chi connectivity index (χ1n) is 8.38. The van der Waals surface area contributed by atoms with Crippen LogP contribution < -0.4 is 22.1 Å². The maximum atomic E-state index is 12.6. The lowest BCUT2D eigenvalue weighted by atomic mass is 10.1. The van der Waals surface area contributed by atoms with E-state index >= 15 is 0 Å². The Morgan fingerprint density at radius 2 is 1.85 bits per heavy atom. The van der Waals surface area contributed by atoms with Crippen LogP contribution in [0.4, 0.5) is 0 Å². The molecule has 1 aliphatic rings. The van der Waals surface area contributed by atoms with Crippen LogP contribution in [0.3, 0.4) is 0 Å². The van der Waals surface area contributed by atoms with Gasteiger partial charge in [0.1, 0.15) is 18.1 Å². The third kappa shape index (κ3) is 6.18. The number of rotatable bonds is 9. The molecule has 1 saturated heterocycles. The molecule has 4 unspecified atom stereocenters. The van der Waals surface area contributed by atoms with E-state index in [1.165, 1.54) is 6.92 Å². The standard InChI is InChI=1S/C15H25N5O7/c1-7(21)12(14(25)20-4-2-3-9(20)15(26)27)19-13(24)8(5-10(17)22)18-11(23)6-16/h7-9,12,21H,2-6,16H2,1H3,(H2,17,22)(H,18,23)(H,19,24)(H,26,27). The topological polar surface area (TPSA) is 205 Å². The summed E-state index contributed by atoms with van der Waals surface area (Å²) < 4.78 is 0. The Hall–Kier alpha value is -2.73. The van der Waals surface area contributed by atoms with Crippen LogP contribution in [-0.2, 0) is 24.0 Å². The number of carboxylic acid groups (broad SMARTS) is 1. The lowest BCUT2D eigenvalue weighted by Gasteiger charge is -2.29. The molecule has 152 valence electrons. The van der Waals surface area contributed by atoms with Crippen LogP contribution in [-0.4, -0.2) is 82.0 Å². The number of amides is 4. The summed E-state index contributed by atoms with van der Waals surface area (Å²) in [4.78, 5) is 60.0. The number of carboxylic acids is 1. The maximum absolute atomic E-state index is 12.6. The van der Waals surface area contributed by atoms with E-state index in [4.69, 9.17) is 11.5 Å². The number of nitrogens with zero attached hydrogens (tertiary/aromatic N) is 1. The highest BCUT2D eigenvalue weighted by Gasteiger charge is 2.40. The Balaban J connectivity index is 2.94. The van der Waals surface area contributed by atoms with Gasteiger partial charge in [-0.2, -0.15) is 0 Å². The lowest BCUT2D eigenvalue weighted by molar-refractivity contribution is -0.150. The van der Waals surface area contributed by atoms with E-state index in [0.717, 1.165) is 4.90 Å². The molecule has 0 aromatic heterocycles. The number of aliphatic hydroxyl groups excluding tert-OH is 1. The Labute approximate surface area is 155 Å². The molecule has 4 atom stereocenters. The van der Waals surface area contributed by atoms with E-state index in [9.17, 15) is 34.2 Å². The van der Waals surface area contributed by atoms with Crippen LogP contribution in [0.5, 0.6) is 0 Å². The molecule has 1 fully saturated rings. The van der Waals surface area contributed by atoms with Gasteiger partial charge < -0.3 is 37.2 Å². The average molecular weight is 387 g/mol. The van der Waals surface area contributed by atoms with Gasteiger partial charge in [0.2, 0.25) is 23.6 Å². The van der Waals surface area contributed by atoms with E-state index in [-0.39, 0.29) is 13.0 Å². The molecule has 0 aliphatic carbocycles. The molecule has 0 aromatic rings. The van der Waals surface area contributed by atoms with Crippen molar-refractivity contribution in [2.75, 3.05) is 13.1 Å². The van der Waals surface area contributed by atoms with Crippen molar-refractivity contribution in [3.05, 3.63) is 0 Å². The molecule has 27 heavy (non-hydrogen) atoms. The summed E-state index contributed by atoms with van der Waals surface area (Å²) in [6, 6.07) is -3.89. The number of aliphatic hydroxyl groups is 1. The van der Waals surface area contributed by atoms with Crippen LogP contribution in [0.1, 0.15) is 26.2 Å². The maximum Gasteiger partial charge on any atom is 0.326 e. The van der Waals surface area contributed by atoms with Gasteiger partial charge in [0.15, 0.2) is 0 Å². The molecule has 0 spiro atoms. The van der Waals surface area contributed by atoms with Crippen LogP contribution in [0.25, 0.3) is 0 Å². The van der Waals surface area contributed by atoms with E-state index in [0.29, 0.717) is 6.42 Å². The summed E-state index contributed by atoms with van der Waals surface area (Å²) in [5.41, 5.74) is 10.2. The minimum absolute atomic E-state index is 0.170. The number of nitrogens with one attached hydrogen (secondary N) is 2. The molecule has 0 bridgehead atoms. The fraction of sp³-hybridized carbons (Fsp3) is 0.667. The van der Waals surface area contributed by atoms with Crippen molar-refractivity contribution >= 4 is 29.6 Å². The second-order valence-corrected chi connectivity index (χ2v) is 6.25. The SMILES string of the molecule is CC(O)C(NC(=O)C(CC(N)=O)NC(=O)CN)C(=O)N1CCCC1C(=O)O. The zero-order chi connectivity index (χ0) is 20.7. The van der Waals surface area contributed by atoms with Crippen LogP contribution in [0.15, 0.2) is 0 Å². The molecule has 0 saturated carbocycles. The van der Waals surface area contributed by atoms with E-state index in [1.54, 1.807) is 0 Å². The Bertz CT molecular complexity index is 609. The predicted molar refractivity (Wildman–Crippen MR) is 90.8 cm³/mol. The average Bonchev–Trinajstić information content (AvgIpc) is 3.07. The first-order valence-corrected chi connectivity index (χ1v) is 8.38. The summed E-state index contributed by atoms with van der Waals surface area (Å²) in [5.74, 6) is -4.48. The van der Waals surface area contributed by atoms with Crippen LogP contribution in [0.2, 0.25) is 0 Å². The van der Waals surface area contributed by atoms with Crippen molar-refractivity contribution in [1.29, 1.82) is 0 Å². The predicted octanol–water partition coefficient (Wildman–Crippen LogP) is -3.75. The highest BCUT2D eigenvalue weighted by Crippen LogP contribution is 2.19. The number of hydrogen-bond donors (Lipinski definition) is 6. The van der Waals surface area contributed by atoms with Crippen LogP contribution >= 0.6 is 0 Å². The van der Waals surface area contributed by atoms with Gasteiger partial charge in [-0.25, -0.2) is 4.79 Å². The fourth-order valence-corrected chi connectivity index (χ4v) is 2.77. The molecular formula is C15H25N5O7. The van der Waals surface area contributed by atoms with Crippen molar-refractivity contribution in [1.82, 2.24) is 15.5 Å². The lowest BCUT2D eigenvalue weighted by Crippen LogP contribution is -2.59. The van der Waals surface area contributed by atoms with Gasteiger partial charge in [0.05, 0.1) is 19.1 Å². The molecule has 1 aliphatic heterocycles. The molecule has 4 amide bonds. The first-order chi connectivity index (χ1) is 12.6. The minimum atomic E-state index is -1.46. The highest BCUT2D eigenvalue weighted by molar-refractivity contribution is 5.96. The molecular weight excluding hydrogens is 362 g/mol. The number of carbonyl (C=O) groups excluding carboxylic acids is 4. The zero-order valence-corrected chi connectivity index (χ0v) is 14.9. The van der Waals surface area contributed by atoms with E-state index < -0.39 is 66.8 Å². The van der Waals surface area contributed by atoms with Crippen molar-refractivity contribution in [2.24, 2.45) is 11.5 Å². The second-order valence-electron chi connectivity index (χ2n) is 6.25. The first kappa shape index (κ1) is 22.3. The summed E-state index contributed by atoms with van der Waals surface area (Å²) in [5, 5.41) is 23.5. The van der Waals surface area contributed by atoms with Crippen molar-refractivity contribution in [2.45, 2.75) is 50.4 Å². The molecule has 0 aromatic carbocycles. The second kappa shape index (κ2) is 9.83. The fourth-order valence-electron chi connectivity index (χ4n) is 2.77. The molecule has 12 heteroatoms. The van der Waals surface area contributed by atoms with Crippen LogP contribution in [0, 0.1) is 0 Å². The molecule has 8 N–H and O–H groups in total. The Kier molecular flexibility index (Phi) is 8.12. The summed E-state index contributed by atoms with van der Waals surface area (Å²) >= 11 is 0. The summed E-state index contributed by atoms with van der Waals surface area (Å²) in [7, 11) is 0. The van der Waals surface area contributed by atoms with E-state index in [2.05, 4.69) is 10.6 Å². The summed E-state index contributed by atoms with van der Waals surface area (Å²) in [6.45, 7) is 0.981. The van der Waals surface area contributed by atoms with Gasteiger partial charge in [-0.1, -0.05) is 0 Å². The van der Waals surface area contributed by atoms with Gasteiger partial charge in [-0.3, -0.25) is 19.2 Å². The normalized spacial score (nSPS) is 19.7. The molecule has 0 radical (unpaired) electrons. The number of carbonyl (C=O) groups is 5. The van der Waals surface area contributed by atoms with Gasteiger partial charge in [0.25, 0.3) is 0 Å². The monoisotopic (exact) mass is 387 g/mol. The van der Waals surface area contributed by atoms with Crippen molar-refractivity contribution in [3.63, 3.8) is 0 Å².